The Bertz CT molecular complexity index is 926. The van der Waals surface area contributed by atoms with Gasteiger partial charge in [-0.1, -0.05) is 18.2 Å². The smallest absolute Gasteiger partial charge is 0.311 e. The Hall–Kier alpha value is -2.29. The average molecular weight is 403 g/mol. The van der Waals surface area contributed by atoms with Crippen molar-refractivity contribution in [3.63, 3.8) is 0 Å². The number of aliphatic hydroxyl groups excluding tert-OH is 1. The van der Waals surface area contributed by atoms with Gasteiger partial charge in [-0.05, 0) is 39.7 Å². The van der Waals surface area contributed by atoms with Gasteiger partial charge in [-0.2, -0.15) is 5.10 Å². The Morgan fingerprint density at radius 3 is 2.45 bits per heavy atom. The normalized spacial score (nSPS) is 17.4. The minimum Gasteiger partial charge on any atom is -0.469 e. The molecule has 3 rings (SSSR count). The largest absolute Gasteiger partial charge is 0.469 e. The molecular formula is C21H29N3O5. The van der Waals surface area contributed by atoms with Crippen LogP contribution in [0.2, 0.25) is 0 Å². The van der Waals surface area contributed by atoms with Crippen molar-refractivity contribution in [3.8, 4) is 0 Å². The highest BCUT2D eigenvalue weighted by atomic mass is 16.6. The van der Waals surface area contributed by atoms with E-state index in [2.05, 4.69) is 5.10 Å². The van der Waals surface area contributed by atoms with Crippen molar-refractivity contribution in [2.45, 2.75) is 58.1 Å². The van der Waals surface area contributed by atoms with E-state index in [-0.39, 0.29) is 18.0 Å². The summed E-state index contributed by atoms with van der Waals surface area (Å²) < 4.78 is 11.9. The highest BCUT2D eigenvalue weighted by molar-refractivity contribution is 5.86. The van der Waals surface area contributed by atoms with E-state index >= 15 is 0 Å². The zero-order valence-corrected chi connectivity index (χ0v) is 17.4. The minimum absolute atomic E-state index is 0.00821. The Labute approximate surface area is 170 Å². The summed E-state index contributed by atoms with van der Waals surface area (Å²) in [4.78, 5) is 26.7. The molecule has 158 valence electrons. The monoisotopic (exact) mass is 403 g/mol. The van der Waals surface area contributed by atoms with E-state index in [9.17, 15) is 14.7 Å². The van der Waals surface area contributed by atoms with Gasteiger partial charge in [0.15, 0.2) is 0 Å². The van der Waals surface area contributed by atoms with Gasteiger partial charge in [0.25, 0.3) is 5.56 Å². The third kappa shape index (κ3) is 5.01. The molecule has 2 aromatic rings. The van der Waals surface area contributed by atoms with Crippen molar-refractivity contribution in [2.75, 3.05) is 20.2 Å². The molecule has 8 nitrogen and oxygen atoms in total. The average Bonchev–Trinajstić information content (AvgIpc) is 2.69. The third-order valence-electron chi connectivity index (χ3n) is 5.06. The number of carbonyl (C=O) groups excluding carboxylic acids is 1. The first-order valence-corrected chi connectivity index (χ1v) is 9.87. The molecule has 2 heterocycles. The first-order chi connectivity index (χ1) is 13.7. The van der Waals surface area contributed by atoms with Gasteiger partial charge in [0, 0.05) is 18.5 Å². The Kier molecular flexibility index (Phi) is 6.36. The lowest BCUT2D eigenvalue weighted by molar-refractivity contribution is -0.243. The fourth-order valence-electron chi connectivity index (χ4n) is 3.60. The predicted molar refractivity (Wildman–Crippen MR) is 108 cm³/mol. The van der Waals surface area contributed by atoms with Gasteiger partial charge in [-0.25, -0.2) is 4.68 Å². The number of nitrogens with zero attached hydrogens (tertiary/aromatic N) is 3. The molecule has 1 aliphatic rings. The van der Waals surface area contributed by atoms with Crippen LogP contribution in [0, 0.1) is 0 Å². The Morgan fingerprint density at radius 2 is 1.86 bits per heavy atom. The SMILES string of the molecule is COC(=O)Cc1nn(C2CCN(C(O)OC(C)(C)C)CC2)c(=O)c2ccccc12. The number of carbonyl (C=O) groups is 1. The number of aliphatic hydroxyl groups is 1. The molecular weight excluding hydrogens is 374 g/mol. The molecule has 1 fully saturated rings. The minimum atomic E-state index is -0.980. The second-order valence-electron chi connectivity index (χ2n) is 8.32. The van der Waals surface area contributed by atoms with Crippen molar-refractivity contribution >= 4 is 16.7 Å². The molecule has 1 atom stereocenters. The van der Waals surface area contributed by atoms with Crippen LogP contribution in [0.5, 0.6) is 0 Å². The molecule has 0 aliphatic carbocycles. The standard InChI is InChI=1S/C21H29N3O5/c1-21(2,3)29-20(27)23-11-9-14(10-12-23)24-19(26)16-8-6-5-7-15(16)17(22-24)13-18(25)28-4/h5-8,14,20,27H,9-13H2,1-4H3. The fourth-order valence-corrected chi connectivity index (χ4v) is 3.60. The quantitative estimate of drug-likeness (QED) is 0.601. The number of hydrogen-bond donors (Lipinski definition) is 1. The number of ether oxygens (including phenoxy) is 2. The first-order valence-electron chi connectivity index (χ1n) is 9.87. The van der Waals surface area contributed by atoms with Gasteiger partial charge < -0.3 is 14.6 Å². The number of piperidine rings is 1. The van der Waals surface area contributed by atoms with E-state index in [0.717, 1.165) is 0 Å². The Balaban J connectivity index is 1.84. The summed E-state index contributed by atoms with van der Waals surface area (Å²) in [5.74, 6) is -0.398. The number of likely N-dealkylation sites (tertiary alicyclic amines) is 1. The summed E-state index contributed by atoms with van der Waals surface area (Å²) in [6.45, 7) is 6.84. The number of hydrogen-bond acceptors (Lipinski definition) is 7. The molecule has 1 unspecified atom stereocenters. The maximum absolute atomic E-state index is 13.0. The van der Waals surface area contributed by atoms with Crippen LogP contribution in [0.25, 0.3) is 10.8 Å². The van der Waals surface area contributed by atoms with Crippen LogP contribution in [0.4, 0.5) is 0 Å². The number of aromatic nitrogens is 2. The van der Waals surface area contributed by atoms with Crippen molar-refractivity contribution in [1.82, 2.24) is 14.7 Å². The summed E-state index contributed by atoms with van der Waals surface area (Å²) in [5, 5.41) is 16.0. The van der Waals surface area contributed by atoms with E-state index in [1.165, 1.54) is 11.8 Å². The summed E-state index contributed by atoms with van der Waals surface area (Å²) in [7, 11) is 1.33. The third-order valence-corrected chi connectivity index (χ3v) is 5.06. The molecule has 0 amide bonds. The van der Waals surface area contributed by atoms with Crippen LogP contribution < -0.4 is 5.56 Å². The van der Waals surface area contributed by atoms with Gasteiger partial charge in [0.2, 0.25) is 6.41 Å². The van der Waals surface area contributed by atoms with Crippen LogP contribution in [-0.4, -0.2) is 58.0 Å². The van der Waals surface area contributed by atoms with Gasteiger partial charge >= 0.3 is 5.97 Å². The molecule has 0 spiro atoms. The Morgan fingerprint density at radius 1 is 1.24 bits per heavy atom. The lowest BCUT2D eigenvalue weighted by Crippen LogP contribution is -2.47. The molecule has 29 heavy (non-hydrogen) atoms. The van der Waals surface area contributed by atoms with E-state index < -0.39 is 18.0 Å². The van der Waals surface area contributed by atoms with Crippen molar-refractivity contribution in [1.29, 1.82) is 0 Å². The maximum atomic E-state index is 13.0. The number of methoxy groups -OCH3 is 1. The number of fused-ring (bicyclic) bond motifs is 1. The second kappa shape index (κ2) is 8.61. The van der Waals surface area contributed by atoms with E-state index in [4.69, 9.17) is 9.47 Å². The van der Waals surface area contributed by atoms with Gasteiger partial charge in [0.05, 0.1) is 36.3 Å². The predicted octanol–water partition coefficient (Wildman–Crippen LogP) is 1.84. The molecule has 0 bridgehead atoms. The fraction of sp³-hybridized carbons (Fsp3) is 0.571. The number of esters is 1. The number of rotatable bonds is 5. The first kappa shape index (κ1) is 21.4. The highest BCUT2D eigenvalue weighted by Gasteiger charge is 2.29. The zero-order valence-electron chi connectivity index (χ0n) is 17.4. The van der Waals surface area contributed by atoms with E-state index in [1.807, 2.05) is 31.7 Å². The highest BCUT2D eigenvalue weighted by Crippen LogP contribution is 2.25. The molecule has 1 aliphatic heterocycles. The van der Waals surface area contributed by atoms with E-state index in [0.29, 0.717) is 42.4 Å². The van der Waals surface area contributed by atoms with Gasteiger partial charge in [0.1, 0.15) is 0 Å². The van der Waals surface area contributed by atoms with Crippen molar-refractivity contribution in [3.05, 3.63) is 40.3 Å². The lowest BCUT2D eigenvalue weighted by Gasteiger charge is -2.37. The molecule has 0 radical (unpaired) electrons. The lowest BCUT2D eigenvalue weighted by atomic mass is 10.0. The molecule has 1 saturated heterocycles. The van der Waals surface area contributed by atoms with Crippen molar-refractivity contribution < 1.29 is 19.4 Å². The van der Waals surface area contributed by atoms with Crippen molar-refractivity contribution in [2.24, 2.45) is 0 Å². The summed E-state index contributed by atoms with van der Waals surface area (Å²) in [6.07, 6.45) is 0.321. The maximum Gasteiger partial charge on any atom is 0.311 e. The summed E-state index contributed by atoms with van der Waals surface area (Å²) in [6, 6.07) is 7.08. The summed E-state index contributed by atoms with van der Waals surface area (Å²) >= 11 is 0. The molecule has 1 aromatic heterocycles. The van der Waals surface area contributed by atoms with Crippen LogP contribution in [-0.2, 0) is 20.7 Å². The summed E-state index contributed by atoms with van der Waals surface area (Å²) in [5.41, 5.74) is -0.0830. The molecule has 8 heteroatoms. The van der Waals surface area contributed by atoms with Gasteiger partial charge in [-0.15, -0.1) is 0 Å². The topological polar surface area (TPSA) is 93.9 Å². The van der Waals surface area contributed by atoms with Crippen LogP contribution in [0.1, 0.15) is 45.3 Å². The zero-order chi connectivity index (χ0) is 21.2. The second-order valence-corrected chi connectivity index (χ2v) is 8.32. The molecule has 0 saturated carbocycles. The van der Waals surface area contributed by atoms with E-state index in [1.54, 1.807) is 18.2 Å². The van der Waals surface area contributed by atoms with Gasteiger partial charge in [-0.3, -0.25) is 14.5 Å². The molecule has 1 aromatic carbocycles. The number of benzene rings is 1. The van der Waals surface area contributed by atoms with Crippen LogP contribution in [0.15, 0.2) is 29.1 Å². The van der Waals surface area contributed by atoms with Crippen LogP contribution in [0.3, 0.4) is 0 Å². The van der Waals surface area contributed by atoms with Crippen LogP contribution >= 0.6 is 0 Å². The molecule has 1 N–H and O–H groups in total.